The average molecular weight is 2120 g/mol. The van der Waals surface area contributed by atoms with Crippen molar-refractivity contribution in [3.8, 4) is 53.4 Å². The number of nitrogens with zero attached hydrogens (tertiary/aromatic N) is 2. The molecule has 0 spiro atoms. The Labute approximate surface area is 883 Å². The SMILES string of the molecule is C#CCBr.C#CCN(C(=O)OC(C)(C)C)c1c(F)cc(S(C)(=O)=O)cc1OC.COc1cc(Br)cc(F)c1N.COc1cc(S(C)(=O)=O)cc(F)c1N.COc1cc(S(C)(=O)=O)cc(F)c1N(C(=O)OC(C)(C)C)C(=O)OC(C)(C)C.COc1cc(S(C)(=O)=O)cc(F)c1NC(=O)OC(C)(C)C.O=CO[O-].O=CO[O-].[Cs+].[Cs+].[H-].[H-].[K+].[K+]. The Bertz CT molecular complexity index is 4550. The van der Waals surface area contributed by atoms with Gasteiger partial charge in [0.2, 0.25) is 0 Å². The van der Waals surface area contributed by atoms with Crippen molar-refractivity contribution in [2.45, 2.75) is 125 Å². The molecule has 620 valence electrons. The van der Waals surface area contributed by atoms with Gasteiger partial charge >= 0.3 is 265 Å². The van der Waals surface area contributed by atoms with Crippen molar-refractivity contribution in [3.63, 3.8) is 0 Å². The van der Waals surface area contributed by atoms with E-state index in [1.807, 2.05) is 0 Å². The molecular weight excluding hydrogens is 2030 g/mol. The number of sulfone groups is 4. The molecule has 0 atom stereocenters. The zero-order valence-electron chi connectivity index (χ0n) is 69.3. The van der Waals surface area contributed by atoms with Crippen LogP contribution in [0.5, 0.6) is 28.7 Å². The maximum absolute atomic E-state index is 14.9. The largest absolute Gasteiger partial charge is 1.00 e. The third kappa shape index (κ3) is 49.6. The molecule has 0 bridgehead atoms. The summed E-state index contributed by atoms with van der Waals surface area (Å²) in [5.74, 6) is 0.0107. The van der Waals surface area contributed by atoms with Gasteiger partial charge in [-0.25, -0.2) is 74.8 Å². The van der Waals surface area contributed by atoms with Crippen molar-refractivity contribution >= 4 is 137 Å². The van der Waals surface area contributed by atoms with E-state index < -0.39 is 121 Å². The van der Waals surface area contributed by atoms with Gasteiger partial charge in [0.1, 0.15) is 79.6 Å². The van der Waals surface area contributed by atoms with Crippen molar-refractivity contribution in [1.82, 2.24) is 0 Å². The van der Waals surface area contributed by atoms with E-state index in [2.05, 4.69) is 58.8 Å². The van der Waals surface area contributed by atoms with Crippen molar-refractivity contribution in [2.75, 3.05) is 99.0 Å². The fraction of sp³-hybridized carbons (Fsp3) is 0.403. The molecule has 114 heavy (non-hydrogen) atoms. The van der Waals surface area contributed by atoms with E-state index in [0.29, 0.717) is 26.5 Å². The Kier molecular flexibility index (Phi) is 63.5. The number of nitrogen functional groups attached to an aromatic ring is 2. The topological polar surface area (TPSA) is 457 Å². The third-order valence-corrected chi connectivity index (χ3v) is 16.4. The third-order valence-electron chi connectivity index (χ3n) is 11.3. The first-order chi connectivity index (χ1) is 50.0. The van der Waals surface area contributed by atoms with Gasteiger partial charge in [-0.2, -0.15) is 4.90 Å². The molecule has 0 unspecified atom stereocenters. The Morgan fingerprint density at radius 3 is 1.05 bits per heavy atom. The standard InChI is InChI=1S/C18H26FNO7S.C16H20FNO5S.C13H18FNO5S.C8H10FNO3S.C7H7BrFNO.C3H3Br.2CH2O3.2Cs.2K.2H/c1-17(2,3)26-15(21)20(16(22)27-18(4,5)6)14-12(19)9-11(28(8,23)24)10-13(14)25-7;1-7-8-18(15(19)23-16(2,3)4)14-12(17)9-11(24(6,20)21)10-13(14)22-5;1-13(2,3)20-12(16)15-11-9(14)6-8(21(5,17)18)7-10(11)19-4;1-13-7-4-5(14(2,11)12)3-6(9)8(7)10;1-11-6-3-4(8)2-5(9)7(6)10;1-2-3-4;2*2-1-4-3;;;;;;/h9-10H,1-8H3;1,9-10H,8H2,2-6H3;6-7H,1-5H3,(H,15,16);3-4H,10H2,1-2H3;2-3H,10H2,1H3;1H,3H2;2*1,3H;;;;;;/q;;;;;;;;4*+1;2*-1/p-2. The monoisotopic (exact) mass is 2120 g/mol. The van der Waals surface area contributed by atoms with Crippen molar-refractivity contribution in [1.29, 1.82) is 0 Å². The average Bonchev–Trinajstić information content (AvgIpc) is 1.06. The van der Waals surface area contributed by atoms with Crippen LogP contribution < -0.4 is 301 Å². The maximum atomic E-state index is 14.9. The Morgan fingerprint density at radius 1 is 0.482 bits per heavy atom. The van der Waals surface area contributed by atoms with Crippen LogP contribution in [0.4, 0.5) is 69.6 Å². The smallest absolute Gasteiger partial charge is 1.00 e. The first kappa shape index (κ1) is 125. The molecule has 0 saturated carbocycles. The summed E-state index contributed by atoms with van der Waals surface area (Å²) < 4.78 is 207. The number of terminal acetylenes is 2. The number of benzene rings is 5. The van der Waals surface area contributed by atoms with Crippen LogP contribution in [-0.4, -0.2) is 166 Å². The van der Waals surface area contributed by atoms with Gasteiger partial charge in [0, 0.05) is 53.8 Å². The number of ether oxygens (including phenoxy) is 9. The molecule has 0 aliphatic carbocycles. The molecule has 5 rings (SSSR count). The number of hydrogen-bond acceptors (Lipinski definition) is 29. The van der Waals surface area contributed by atoms with E-state index in [9.17, 15) is 74.8 Å². The number of hydrogen-bond donors (Lipinski definition) is 3. The number of amides is 4. The Morgan fingerprint density at radius 2 is 0.754 bits per heavy atom. The first-order valence-corrected chi connectivity index (χ1v) is 39.5. The molecule has 5 aromatic rings. The van der Waals surface area contributed by atoms with E-state index in [-0.39, 0.29) is 328 Å². The van der Waals surface area contributed by atoms with Crippen LogP contribution in [0.1, 0.15) is 85.9 Å². The van der Waals surface area contributed by atoms with Crippen LogP contribution in [-0.2, 0) is 77.7 Å². The van der Waals surface area contributed by atoms with Crippen LogP contribution in [0.3, 0.4) is 0 Å². The van der Waals surface area contributed by atoms with Crippen molar-refractivity contribution in [3.05, 3.63) is 94.2 Å². The zero-order valence-corrected chi connectivity index (χ0v) is 92.6. The fourth-order valence-electron chi connectivity index (χ4n) is 6.98. The second-order valence-electron chi connectivity index (χ2n) is 24.9. The number of methoxy groups -OCH3 is 5. The van der Waals surface area contributed by atoms with Crippen LogP contribution in [0.2, 0.25) is 0 Å². The Hall–Kier alpha value is -2.25. The van der Waals surface area contributed by atoms with Crippen LogP contribution in [0, 0.1) is 53.8 Å². The number of halogens is 7. The molecule has 32 nitrogen and oxygen atoms in total. The summed E-state index contributed by atoms with van der Waals surface area (Å²) in [6, 6.07) is 10.5. The molecule has 5 N–H and O–H groups in total. The number of anilines is 5. The molecular formula is C67H88Br2Cs2F5K2N5O27S4. The van der Waals surface area contributed by atoms with Crippen LogP contribution in [0.25, 0.3) is 0 Å². The van der Waals surface area contributed by atoms with Crippen molar-refractivity contribution in [2.24, 2.45) is 0 Å². The van der Waals surface area contributed by atoms with Gasteiger partial charge in [0.25, 0.3) is 12.9 Å². The summed E-state index contributed by atoms with van der Waals surface area (Å²) >= 11 is 6.12. The van der Waals surface area contributed by atoms with Gasteiger partial charge in [0.05, 0.1) is 67.0 Å². The van der Waals surface area contributed by atoms with Crippen LogP contribution in [0.15, 0.2) is 84.7 Å². The summed E-state index contributed by atoms with van der Waals surface area (Å²) in [4.78, 5) is 72.0. The molecule has 4 amide bonds. The van der Waals surface area contributed by atoms with Gasteiger partial charge < -0.3 is 77.2 Å². The van der Waals surface area contributed by atoms with Gasteiger partial charge in [-0.15, -0.1) is 12.8 Å². The summed E-state index contributed by atoms with van der Waals surface area (Å²) in [6.07, 6.45) is 9.59. The number of carbonyl (C=O) groups is 6. The normalized spacial score (nSPS) is 10.5. The van der Waals surface area contributed by atoms with E-state index in [1.165, 1.54) is 40.6 Å². The van der Waals surface area contributed by atoms with E-state index >= 15 is 0 Å². The van der Waals surface area contributed by atoms with E-state index in [1.54, 1.807) is 89.2 Å². The summed E-state index contributed by atoms with van der Waals surface area (Å²) in [5.41, 5.74) is 5.77. The number of carbonyl (C=O) groups excluding carboxylic acids is 6. The van der Waals surface area contributed by atoms with E-state index in [4.69, 9.17) is 87.0 Å². The van der Waals surface area contributed by atoms with Gasteiger partial charge in [-0.1, -0.05) is 43.7 Å². The molecule has 47 heteroatoms. The molecule has 5 aromatic carbocycles. The molecule has 0 fully saturated rings. The number of nitrogens with one attached hydrogen (secondary N) is 1. The van der Waals surface area contributed by atoms with E-state index in [0.717, 1.165) is 73.4 Å². The fourth-order valence-corrected chi connectivity index (χ4v) is 9.94. The summed E-state index contributed by atoms with van der Waals surface area (Å²) in [7, 11) is -8.13. The predicted octanol–water partition coefficient (Wildman–Crippen LogP) is -1.76. The molecule has 0 radical (unpaired) electrons. The number of alkyl halides is 1. The predicted molar refractivity (Wildman–Crippen MR) is 400 cm³/mol. The first-order valence-electron chi connectivity index (χ1n) is 30.0. The van der Waals surface area contributed by atoms with Crippen LogP contribution >= 0.6 is 31.9 Å². The Balaban J connectivity index is -0.000000172. The second-order valence-corrected chi connectivity index (χ2v) is 34.5. The molecule has 0 heterocycles. The number of nitrogens with two attached hydrogens (primary N) is 2. The summed E-state index contributed by atoms with van der Waals surface area (Å²) in [5, 5.41) is 19.7. The number of imide groups is 1. The second kappa shape index (κ2) is 57.9. The number of rotatable bonds is 15. The molecule has 0 aliphatic heterocycles. The van der Waals surface area contributed by atoms with Crippen molar-refractivity contribution < 1.29 is 391 Å². The minimum absolute atomic E-state index is 0. The minimum atomic E-state index is -3.77. The molecule has 0 saturated heterocycles. The minimum Gasteiger partial charge on any atom is -1.00 e. The quantitative estimate of drug-likeness (QED) is 0.0120. The summed E-state index contributed by atoms with van der Waals surface area (Å²) in [6.45, 7) is 18.7. The van der Waals surface area contributed by atoms with Gasteiger partial charge in [-0.05, 0) is 119 Å². The zero-order chi connectivity index (χ0) is 86.8. The molecule has 0 aromatic heterocycles. The maximum Gasteiger partial charge on any atom is 1.00 e. The van der Waals surface area contributed by atoms with Gasteiger partial charge in [-0.3, -0.25) is 19.8 Å². The van der Waals surface area contributed by atoms with Gasteiger partial charge in [0.15, 0.2) is 68.4 Å². The molecule has 0 aliphatic rings.